The number of hydrogen-bond donors (Lipinski definition) is 1. The molecule has 0 fully saturated rings. The average molecular weight is 268 g/mol. The predicted molar refractivity (Wildman–Crippen MR) is 65.9 cm³/mol. The van der Waals surface area contributed by atoms with Crippen LogP contribution < -0.4 is 5.32 Å². The number of carbonyl (C=O) groups is 1. The van der Waals surface area contributed by atoms with Gasteiger partial charge in [0.25, 0.3) is 5.91 Å². The van der Waals surface area contributed by atoms with Crippen molar-refractivity contribution in [3.8, 4) is 0 Å². The van der Waals surface area contributed by atoms with Crippen molar-refractivity contribution in [1.82, 2.24) is 4.98 Å². The van der Waals surface area contributed by atoms with Crippen molar-refractivity contribution in [3.63, 3.8) is 0 Å². The number of aryl methyl sites for hydroxylation is 2. The minimum atomic E-state index is -1.15. The van der Waals surface area contributed by atoms with Crippen LogP contribution in [0.5, 0.6) is 0 Å². The average Bonchev–Trinajstić information content (AvgIpc) is 2.61. The van der Waals surface area contributed by atoms with Crippen molar-refractivity contribution in [2.45, 2.75) is 13.8 Å². The number of halogens is 2. The quantitative estimate of drug-likeness (QED) is 0.908. The van der Waals surface area contributed by atoms with E-state index in [-0.39, 0.29) is 5.56 Å². The summed E-state index contributed by atoms with van der Waals surface area (Å²) in [7, 11) is 0. The van der Waals surface area contributed by atoms with Gasteiger partial charge in [-0.2, -0.15) is 0 Å². The Hall–Kier alpha value is -1.82. The molecule has 2 rings (SSSR count). The van der Waals surface area contributed by atoms with Gasteiger partial charge in [-0.05, 0) is 26.0 Å². The number of hydrogen-bond acceptors (Lipinski definition) is 3. The van der Waals surface area contributed by atoms with E-state index in [1.807, 2.05) is 13.8 Å². The van der Waals surface area contributed by atoms with Crippen LogP contribution in [0.15, 0.2) is 18.2 Å². The fourth-order valence-corrected chi connectivity index (χ4v) is 2.18. The molecular formula is C12H10F2N2OS. The first-order valence-corrected chi connectivity index (χ1v) is 6.00. The lowest BCUT2D eigenvalue weighted by atomic mass is 10.2. The first kappa shape index (κ1) is 12.6. The molecule has 0 saturated heterocycles. The third-order valence-corrected chi connectivity index (χ3v) is 3.43. The zero-order valence-corrected chi connectivity index (χ0v) is 10.6. The molecule has 0 unspecified atom stereocenters. The highest BCUT2D eigenvalue weighted by Gasteiger charge is 2.16. The summed E-state index contributed by atoms with van der Waals surface area (Å²) in [5, 5.41) is 2.82. The van der Waals surface area contributed by atoms with Crippen LogP contribution in [0.2, 0.25) is 0 Å². The number of nitrogens with one attached hydrogen (secondary N) is 1. The number of carbonyl (C=O) groups excluding carboxylic acids is 1. The monoisotopic (exact) mass is 268 g/mol. The van der Waals surface area contributed by atoms with Crippen LogP contribution in [0, 0.1) is 25.5 Å². The van der Waals surface area contributed by atoms with Gasteiger partial charge in [-0.3, -0.25) is 10.1 Å². The molecule has 1 aromatic carbocycles. The third-order valence-electron chi connectivity index (χ3n) is 2.45. The Labute approximate surface area is 106 Å². The Morgan fingerprint density at radius 3 is 2.67 bits per heavy atom. The summed E-state index contributed by atoms with van der Waals surface area (Å²) >= 11 is 1.29. The van der Waals surface area contributed by atoms with Crippen molar-refractivity contribution >= 4 is 22.4 Å². The van der Waals surface area contributed by atoms with Gasteiger partial charge >= 0.3 is 0 Å². The van der Waals surface area contributed by atoms with E-state index in [2.05, 4.69) is 10.3 Å². The summed E-state index contributed by atoms with van der Waals surface area (Å²) in [6.45, 7) is 3.68. The van der Waals surface area contributed by atoms with Crippen LogP contribution in [-0.4, -0.2) is 10.9 Å². The zero-order chi connectivity index (χ0) is 13.3. The van der Waals surface area contributed by atoms with Crippen LogP contribution >= 0.6 is 11.3 Å². The number of aromatic nitrogens is 1. The predicted octanol–water partition coefficient (Wildman–Crippen LogP) is 3.29. The number of nitrogens with zero attached hydrogens (tertiary/aromatic N) is 1. The maximum atomic E-state index is 13.4. The molecule has 0 aliphatic heterocycles. The van der Waals surface area contributed by atoms with E-state index in [1.54, 1.807) is 0 Å². The minimum absolute atomic E-state index is 0.333. The number of thiazole rings is 1. The van der Waals surface area contributed by atoms with Gasteiger partial charge in [0.1, 0.15) is 0 Å². The van der Waals surface area contributed by atoms with Crippen molar-refractivity contribution in [2.75, 3.05) is 5.32 Å². The number of anilines is 1. The minimum Gasteiger partial charge on any atom is -0.298 e. The SMILES string of the molecule is Cc1nc(NC(=O)c2cccc(F)c2F)sc1C. The van der Waals surface area contributed by atoms with E-state index in [0.717, 1.165) is 16.6 Å². The standard InChI is InChI=1S/C12H10F2N2OS/c1-6-7(2)18-12(15-6)16-11(17)8-4-3-5-9(13)10(8)14/h3-5H,1-2H3,(H,15,16,17). The normalized spacial score (nSPS) is 10.4. The summed E-state index contributed by atoms with van der Waals surface area (Å²) in [5.74, 6) is -2.91. The Kier molecular flexibility index (Phi) is 3.38. The van der Waals surface area contributed by atoms with Crippen LogP contribution in [0.4, 0.5) is 13.9 Å². The maximum absolute atomic E-state index is 13.4. The lowest BCUT2D eigenvalue weighted by molar-refractivity contribution is 0.102. The van der Waals surface area contributed by atoms with Gasteiger partial charge < -0.3 is 0 Å². The van der Waals surface area contributed by atoms with Gasteiger partial charge in [-0.25, -0.2) is 13.8 Å². The Bertz CT molecular complexity index is 591. The van der Waals surface area contributed by atoms with Crippen LogP contribution in [-0.2, 0) is 0 Å². The smallest absolute Gasteiger partial charge is 0.260 e. The molecule has 94 valence electrons. The molecule has 0 radical (unpaired) electrons. The highest BCUT2D eigenvalue weighted by molar-refractivity contribution is 7.15. The zero-order valence-electron chi connectivity index (χ0n) is 9.75. The molecule has 1 heterocycles. The summed E-state index contributed by atoms with van der Waals surface area (Å²) < 4.78 is 26.4. The van der Waals surface area contributed by atoms with E-state index in [4.69, 9.17) is 0 Å². The summed E-state index contributed by atoms with van der Waals surface area (Å²) in [6, 6.07) is 3.47. The number of amides is 1. The lowest BCUT2D eigenvalue weighted by Crippen LogP contribution is -2.14. The van der Waals surface area contributed by atoms with Crippen LogP contribution in [0.3, 0.4) is 0 Å². The van der Waals surface area contributed by atoms with Gasteiger partial charge in [-0.1, -0.05) is 6.07 Å². The molecule has 3 nitrogen and oxygen atoms in total. The molecule has 0 aliphatic rings. The van der Waals surface area contributed by atoms with Crippen LogP contribution in [0.25, 0.3) is 0 Å². The fraction of sp³-hybridized carbons (Fsp3) is 0.167. The van der Waals surface area contributed by atoms with Gasteiger partial charge in [0, 0.05) is 4.88 Å². The second kappa shape index (κ2) is 4.81. The molecule has 1 aromatic heterocycles. The second-order valence-corrected chi connectivity index (χ2v) is 4.92. The van der Waals surface area contributed by atoms with Gasteiger partial charge in [0.05, 0.1) is 11.3 Å². The number of benzene rings is 1. The van der Waals surface area contributed by atoms with Crippen molar-refractivity contribution in [3.05, 3.63) is 46.0 Å². The molecule has 0 bridgehead atoms. The van der Waals surface area contributed by atoms with E-state index in [0.29, 0.717) is 5.13 Å². The van der Waals surface area contributed by atoms with Gasteiger partial charge in [0.15, 0.2) is 16.8 Å². The molecule has 1 amide bonds. The summed E-state index contributed by atoms with van der Waals surface area (Å²) in [4.78, 5) is 16.8. The largest absolute Gasteiger partial charge is 0.298 e. The molecule has 1 N–H and O–H groups in total. The highest BCUT2D eigenvalue weighted by Crippen LogP contribution is 2.22. The van der Waals surface area contributed by atoms with Crippen molar-refractivity contribution < 1.29 is 13.6 Å². The Morgan fingerprint density at radius 2 is 2.06 bits per heavy atom. The number of rotatable bonds is 2. The van der Waals surface area contributed by atoms with Crippen LogP contribution in [0.1, 0.15) is 20.9 Å². The summed E-state index contributed by atoms with van der Waals surface area (Å²) in [5.41, 5.74) is 0.468. The Morgan fingerprint density at radius 1 is 1.33 bits per heavy atom. The molecule has 2 aromatic rings. The molecular weight excluding hydrogens is 258 g/mol. The fourth-order valence-electron chi connectivity index (χ4n) is 1.37. The summed E-state index contributed by atoms with van der Waals surface area (Å²) in [6.07, 6.45) is 0. The molecule has 0 aliphatic carbocycles. The molecule has 18 heavy (non-hydrogen) atoms. The topological polar surface area (TPSA) is 42.0 Å². The second-order valence-electron chi connectivity index (χ2n) is 3.72. The molecule has 6 heteroatoms. The van der Waals surface area contributed by atoms with E-state index in [9.17, 15) is 13.6 Å². The Balaban J connectivity index is 2.24. The lowest BCUT2D eigenvalue weighted by Gasteiger charge is -2.03. The van der Waals surface area contributed by atoms with Crippen molar-refractivity contribution in [2.24, 2.45) is 0 Å². The van der Waals surface area contributed by atoms with E-state index >= 15 is 0 Å². The van der Waals surface area contributed by atoms with Gasteiger partial charge in [0.2, 0.25) is 0 Å². The van der Waals surface area contributed by atoms with Gasteiger partial charge in [-0.15, -0.1) is 11.3 Å². The first-order valence-electron chi connectivity index (χ1n) is 5.18. The van der Waals surface area contributed by atoms with E-state index < -0.39 is 17.5 Å². The van der Waals surface area contributed by atoms with E-state index in [1.165, 1.54) is 23.5 Å². The first-order chi connectivity index (χ1) is 8.49. The molecule has 0 saturated carbocycles. The maximum Gasteiger partial charge on any atom is 0.260 e. The molecule has 0 atom stereocenters. The van der Waals surface area contributed by atoms with Crippen molar-refractivity contribution in [1.29, 1.82) is 0 Å². The highest BCUT2D eigenvalue weighted by atomic mass is 32.1. The third kappa shape index (κ3) is 2.38. The molecule has 0 spiro atoms.